The molecule has 0 aromatic heterocycles. The number of nitrogens with one attached hydrogen (secondary N) is 2. The second-order valence-corrected chi connectivity index (χ2v) is 7.46. The summed E-state index contributed by atoms with van der Waals surface area (Å²) in [5, 5.41) is 16.0. The largest absolute Gasteiger partial charge is 0.493 e. The molecule has 0 bridgehead atoms. The summed E-state index contributed by atoms with van der Waals surface area (Å²) in [6, 6.07) is 13.9. The van der Waals surface area contributed by atoms with Gasteiger partial charge in [0.15, 0.2) is 0 Å². The monoisotopic (exact) mass is 409 g/mol. The Kier molecular flexibility index (Phi) is 5.41. The molecule has 2 aromatic carbocycles. The first-order valence-corrected chi connectivity index (χ1v) is 9.91. The predicted octanol–water partition coefficient (Wildman–Crippen LogP) is 1.54. The molecule has 2 aromatic rings. The number of hydrogen-bond donors (Lipinski definition) is 3. The highest BCUT2D eigenvalue weighted by molar-refractivity contribution is 6.39. The molecule has 3 N–H and O–H groups in total. The fraction of sp³-hybridized carbons (Fsp3) is 0.318. The van der Waals surface area contributed by atoms with Gasteiger partial charge in [-0.15, -0.1) is 0 Å². The van der Waals surface area contributed by atoms with Crippen LogP contribution in [0.2, 0.25) is 0 Å². The minimum absolute atomic E-state index is 0.0428. The van der Waals surface area contributed by atoms with Gasteiger partial charge in [0.1, 0.15) is 11.4 Å². The highest BCUT2D eigenvalue weighted by atomic mass is 16.5. The SMILES string of the molecule is O=C(NC[C@@]1(O)CCOc2ccccc21)C(=O)Nc1cccc(N2CCCC2=O)c1. The molecule has 0 saturated carbocycles. The Morgan fingerprint density at radius 3 is 2.77 bits per heavy atom. The summed E-state index contributed by atoms with van der Waals surface area (Å²) in [4.78, 5) is 38.2. The van der Waals surface area contributed by atoms with Crippen LogP contribution in [0.25, 0.3) is 0 Å². The van der Waals surface area contributed by atoms with Crippen molar-refractivity contribution in [3.63, 3.8) is 0 Å². The van der Waals surface area contributed by atoms with Crippen LogP contribution in [0.3, 0.4) is 0 Å². The second kappa shape index (κ2) is 8.16. The topological polar surface area (TPSA) is 108 Å². The van der Waals surface area contributed by atoms with Crippen LogP contribution in [0.15, 0.2) is 48.5 Å². The van der Waals surface area contributed by atoms with Gasteiger partial charge in [0, 0.05) is 36.3 Å². The lowest BCUT2D eigenvalue weighted by Crippen LogP contribution is -2.46. The molecule has 0 spiro atoms. The van der Waals surface area contributed by atoms with Gasteiger partial charge in [0.2, 0.25) is 5.91 Å². The fourth-order valence-electron chi connectivity index (χ4n) is 3.79. The Hall–Kier alpha value is -3.39. The number of ether oxygens (including phenoxy) is 1. The first-order chi connectivity index (χ1) is 14.5. The van der Waals surface area contributed by atoms with E-state index in [1.807, 2.05) is 0 Å². The zero-order valence-electron chi connectivity index (χ0n) is 16.4. The summed E-state index contributed by atoms with van der Waals surface area (Å²) in [6.07, 6.45) is 1.61. The van der Waals surface area contributed by atoms with E-state index >= 15 is 0 Å². The minimum atomic E-state index is -1.30. The second-order valence-electron chi connectivity index (χ2n) is 7.46. The van der Waals surface area contributed by atoms with Crippen molar-refractivity contribution < 1.29 is 24.2 Å². The molecule has 30 heavy (non-hydrogen) atoms. The van der Waals surface area contributed by atoms with Crippen LogP contribution in [-0.4, -0.2) is 42.5 Å². The van der Waals surface area contributed by atoms with E-state index in [2.05, 4.69) is 10.6 Å². The van der Waals surface area contributed by atoms with E-state index in [0.717, 1.165) is 6.42 Å². The number of nitrogens with zero attached hydrogens (tertiary/aromatic N) is 1. The number of amides is 3. The maximum absolute atomic E-state index is 12.3. The molecule has 0 radical (unpaired) electrons. The maximum Gasteiger partial charge on any atom is 0.313 e. The Balaban J connectivity index is 1.38. The van der Waals surface area contributed by atoms with Crippen molar-refractivity contribution in [2.24, 2.45) is 0 Å². The van der Waals surface area contributed by atoms with Gasteiger partial charge in [-0.25, -0.2) is 0 Å². The molecule has 0 aliphatic carbocycles. The molecule has 2 aliphatic rings. The summed E-state index contributed by atoms with van der Waals surface area (Å²) >= 11 is 0. The Labute approximate surface area is 173 Å². The lowest BCUT2D eigenvalue weighted by Gasteiger charge is -2.34. The zero-order chi connectivity index (χ0) is 21.1. The van der Waals surface area contributed by atoms with Crippen LogP contribution in [0.1, 0.15) is 24.8 Å². The van der Waals surface area contributed by atoms with Gasteiger partial charge in [0.25, 0.3) is 0 Å². The van der Waals surface area contributed by atoms with Crippen molar-refractivity contribution in [3.8, 4) is 5.75 Å². The number of hydrogen-bond acceptors (Lipinski definition) is 5. The summed E-state index contributed by atoms with van der Waals surface area (Å²) in [5.74, 6) is -1.08. The van der Waals surface area contributed by atoms with E-state index in [-0.39, 0.29) is 12.5 Å². The van der Waals surface area contributed by atoms with Crippen LogP contribution in [0, 0.1) is 0 Å². The van der Waals surface area contributed by atoms with Gasteiger partial charge in [0.05, 0.1) is 13.2 Å². The number of carbonyl (C=O) groups excluding carboxylic acids is 3. The summed E-state index contributed by atoms with van der Waals surface area (Å²) in [6.45, 7) is 0.847. The predicted molar refractivity (Wildman–Crippen MR) is 110 cm³/mol. The number of para-hydroxylation sites is 1. The number of fused-ring (bicyclic) bond motifs is 1. The normalized spacial score (nSPS) is 20.3. The summed E-state index contributed by atoms with van der Waals surface area (Å²) in [7, 11) is 0. The first-order valence-electron chi connectivity index (χ1n) is 9.91. The average molecular weight is 409 g/mol. The van der Waals surface area contributed by atoms with Gasteiger partial charge in [-0.1, -0.05) is 24.3 Å². The van der Waals surface area contributed by atoms with Crippen LogP contribution in [0.5, 0.6) is 5.75 Å². The van der Waals surface area contributed by atoms with E-state index in [0.29, 0.717) is 48.7 Å². The summed E-state index contributed by atoms with van der Waals surface area (Å²) < 4.78 is 5.53. The van der Waals surface area contributed by atoms with Crippen molar-refractivity contribution in [2.45, 2.75) is 24.9 Å². The Bertz CT molecular complexity index is 992. The van der Waals surface area contributed by atoms with Crippen LogP contribution < -0.4 is 20.3 Å². The zero-order valence-corrected chi connectivity index (χ0v) is 16.4. The third-order valence-corrected chi connectivity index (χ3v) is 5.40. The molecule has 0 unspecified atom stereocenters. The number of rotatable bonds is 4. The van der Waals surface area contributed by atoms with E-state index in [1.165, 1.54) is 0 Å². The number of benzene rings is 2. The molecular formula is C22H23N3O5. The minimum Gasteiger partial charge on any atom is -0.493 e. The number of carbonyl (C=O) groups is 3. The average Bonchev–Trinajstić information content (AvgIpc) is 3.18. The molecule has 4 rings (SSSR count). The van der Waals surface area contributed by atoms with E-state index < -0.39 is 17.4 Å². The fourth-order valence-corrected chi connectivity index (χ4v) is 3.79. The molecular weight excluding hydrogens is 386 g/mol. The summed E-state index contributed by atoms with van der Waals surface area (Å²) in [5.41, 5.74) is 0.382. The van der Waals surface area contributed by atoms with E-state index in [1.54, 1.807) is 53.4 Å². The van der Waals surface area contributed by atoms with Crippen molar-refractivity contribution in [3.05, 3.63) is 54.1 Å². The Morgan fingerprint density at radius 2 is 1.97 bits per heavy atom. The van der Waals surface area contributed by atoms with Gasteiger partial charge in [-0.05, 0) is 30.7 Å². The van der Waals surface area contributed by atoms with Crippen molar-refractivity contribution >= 4 is 29.1 Å². The van der Waals surface area contributed by atoms with E-state index in [4.69, 9.17) is 4.74 Å². The molecule has 156 valence electrons. The lowest BCUT2D eigenvalue weighted by atomic mass is 9.88. The molecule has 1 fully saturated rings. The first kappa shape index (κ1) is 19.9. The van der Waals surface area contributed by atoms with Crippen LogP contribution in [0.4, 0.5) is 11.4 Å². The molecule has 1 atom stereocenters. The molecule has 3 amide bonds. The van der Waals surface area contributed by atoms with Crippen molar-refractivity contribution in [1.29, 1.82) is 0 Å². The number of anilines is 2. The van der Waals surface area contributed by atoms with Gasteiger partial charge in [-0.3, -0.25) is 14.4 Å². The molecule has 8 heteroatoms. The molecule has 8 nitrogen and oxygen atoms in total. The smallest absolute Gasteiger partial charge is 0.313 e. The molecule has 2 aliphatic heterocycles. The van der Waals surface area contributed by atoms with Gasteiger partial charge < -0.3 is 25.4 Å². The third-order valence-electron chi connectivity index (χ3n) is 5.40. The van der Waals surface area contributed by atoms with Crippen molar-refractivity contribution in [1.82, 2.24) is 5.32 Å². The van der Waals surface area contributed by atoms with Crippen LogP contribution in [-0.2, 0) is 20.0 Å². The molecule has 1 saturated heterocycles. The number of aliphatic hydroxyl groups is 1. The maximum atomic E-state index is 12.3. The third kappa shape index (κ3) is 3.99. The lowest BCUT2D eigenvalue weighted by molar-refractivity contribution is -0.137. The highest BCUT2D eigenvalue weighted by Crippen LogP contribution is 2.36. The van der Waals surface area contributed by atoms with Crippen molar-refractivity contribution in [2.75, 3.05) is 29.9 Å². The standard InChI is InChI=1S/C22H23N3O5/c26-19-9-4-11-25(19)16-6-3-5-15(13-16)24-21(28)20(27)23-14-22(29)10-12-30-18-8-2-1-7-17(18)22/h1-3,5-8,13,29H,4,9-12,14H2,(H,23,27)(H,24,28)/t22-/m0/s1. The van der Waals surface area contributed by atoms with Gasteiger partial charge >= 0.3 is 11.8 Å². The van der Waals surface area contributed by atoms with E-state index in [9.17, 15) is 19.5 Å². The quantitative estimate of drug-likeness (QED) is 0.664. The molecule has 2 heterocycles. The highest BCUT2D eigenvalue weighted by Gasteiger charge is 2.36. The van der Waals surface area contributed by atoms with Gasteiger partial charge in [-0.2, -0.15) is 0 Å². The van der Waals surface area contributed by atoms with Crippen LogP contribution >= 0.6 is 0 Å². The Morgan fingerprint density at radius 1 is 1.13 bits per heavy atom.